The summed E-state index contributed by atoms with van der Waals surface area (Å²) in [6.45, 7) is 4.27. The fraction of sp³-hybridized carbons (Fsp3) is 0.333. The molecule has 0 aliphatic heterocycles. The van der Waals surface area contributed by atoms with E-state index in [2.05, 4.69) is 10.3 Å². The van der Waals surface area contributed by atoms with Crippen molar-refractivity contribution in [3.05, 3.63) is 47.0 Å². The van der Waals surface area contributed by atoms with Gasteiger partial charge in [-0.25, -0.2) is 9.07 Å². The smallest absolute Gasteiger partial charge is 0.129 e. The second-order valence-corrected chi connectivity index (χ2v) is 3.90. The molecule has 1 N–H and O–H groups in total. The first-order valence-electron chi connectivity index (χ1n) is 5.46. The number of hydrogen-bond donors (Lipinski definition) is 1. The summed E-state index contributed by atoms with van der Waals surface area (Å²) in [5, 5.41) is 17.7. The molecule has 0 fully saturated rings. The average molecular weight is 235 g/mol. The van der Waals surface area contributed by atoms with Crippen LogP contribution in [0.5, 0.6) is 0 Å². The summed E-state index contributed by atoms with van der Waals surface area (Å²) < 4.78 is 15.3. The van der Waals surface area contributed by atoms with Crippen molar-refractivity contribution < 1.29 is 9.50 Å². The maximum Gasteiger partial charge on any atom is 0.129 e. The number of rotatable bonds is 3. The number of aryl methyl sites for hydroxylation is 2. The summed E-state index contributed by atoms with van der Waals surface area (Å²) in [5.74, 6) is -0.415. The lowest BCUT2D eigenvalue weighted by molar-refractivity contribution is 0.203. The average Bonchev–Trinajstić information content (AvgIpc) is 2.76. The molecular formula is C12H14FN3O. The van der Waals surface area contributed by atoms with Crippen molar-refractivity contribution in [3.63, 3.8) is 0 Å². The molecule has 0 amide bonds. The molecule has 4 nitrogen and oxygen atoms in total. The monoisotopic (exact) mass is 235 g/mol. The molecule has 17 heavy (non-hydrogen) atoms. The minimum absolute atomic E-state index is 0.243. The van der Waals surface area contributed by atoms with Crippen LogP contribution in [0.1, 0.15) is 29.8 Å². The molecule has 0 saturated carbocycles. The second kappa shape index (κ2) is 4.63. The van der Waals surface area contributed by atoms with Crippen molar-refractivity contribution in [2.75, 3.05) is 0 Å². The van der Waals surface area contributed by atoms with Crippen LogP contribution in [0.3, 0.4) is 0 Å². The Bertz CT molecular complexity index is 524. The van der Waals surface area contributed by atoms with Crippen LogP contribution in [-0.2, 0) is 6.54 Å². The van der Waals surface area contributed by atoms with E-state index in [9.17, 15) is 9.50 Å². The molecule has 1 heterocycles. The number of nitrogens with zero attached hydrogens (tertiary/aromatic N) is 3. The summed E-state index contributed by atoms with van der Waals surface area (Å²) in [5.41, 5.74) is 1.56. The molecule has 1 atom stereocenters. The Balaban J connectivity index is 2.40. The van der Waals surface area contributed by atoms with Gasteiger partial charge in [0.25, 0.3) is 0 Å². The zero-order valence-electron chi connectivity index (χ0n) is 9.76. The van der Waals surface area contributed by atoms with E-state index in [-0.39, 0.29) is 5.56 Å². The number of halogens is 1. The lowest BCUT2D eigenvalue weighted by Crippen LogP contribution is -2.10. The van der Waals surface area contributed by atoms with Crippen LogP contribution < -0.4 is 0 Å². The van der Waals surface area contributed by atoms with Gasteiger partial charge in [-0.1, -0.05) is 17.3 Å². The van der Waals surface area contributed by atoms with Gasteiger partial charge < -0.3 is 5.11 Å². The molecule has 0 radical (unpaired) electrons. The van der Waals surface area contributed by atoms with Gasteiger partial charge in [0.15, 0.2) is 0 Å². The highest BCUT2D eigenvalue weighted by Gasteiger charge is 2.19. The van der Waals surface area contributed by atoms with E-state index >= 15 is 0 Å². The largest absolute Gasteiger partial charge is 0.382 e. The van der Waals surface area contributed by atoms with E-state index in [0.717, 1.165) is 5.56 Å². The maximum absolute atomic E-state index is 13.7. The van der Waals surface area contributed by atoms with Crippen molar-refractivity contribution in [1.29, 1.82) is 0 Å². The van der Waals surface area contributed by atoms with Gasteiger partial charge in [-0.2, -0.15) is 0 Å². The minimum Gasteiger partial charge on any atom is -0.382 e. The van der Waals surface area contributed by atoms with E-state index in [0.29, 0.717) is 12.2 Å². The lowest BCUT2D eigenvalue weighted by atomic mass is 10.0. The van der Waals surface area contributed by atoms with Crippen molar-refractivity contribution in [2.45, 2.75) is 26.5 Å². The Hall–Kier alpha value is -1.75. The van der Waals surface area contributed by atoms with Crippen LogP contribution in [0.4, 0.5) is 4.39 Å². The van der Waals surface area contributed by atoms with Gasteiger partial charge in [0.05, 0.1) is 11.9 Å². The third-order valence-corrected chi connectivity index (χ3v) is 2.68. The Morgan fingerprint density at radius 1 is 1.47 bits per heavy atom. The number of aliphatic hydroxyl groups excluding tert-OH is 1. The normalized spacial score (nSPS) is 12.7. The molecule has 0 saturated heterocycles. The van der Waals surface area contributed by atoms with Crippen LogP contribution in [-0.4, -0.2) is 20.1 Å². The second-order valence-electron chi connectivity index (χ2n) is 3.90. The van der Waals surface area contributed by atoms with Crippen molar-refractivity contribution >= 4 is 0 Å². The highest BCUT2D eigenvalue weighted by Crippen LogP contribution is 2.24. The first-order chi connectivity index (χ1) is 8.13. The molecule has 0 spiro atoms. The van der Waals surface area contributed by atoms with E-state index in [1.165, 1.54) is 12.3 Å². The summed E-state index contributed by atoms with van der Waals surface area (Å²) in [7, 11) is 0. The predicted octanol–water partition coefficient (Wildman–Crippen LogP) is 1.83. The third kappa shape index (κ3) is 2.19. The summed E-state index contributed by atoms with van der Waals surface area (Å²) in [6, 6.07) is 4.75. The number of aliphatic hydroxyl groups is 1. The van der Waals surface area contributed by atoms with E-state index in [1.807, 2.05) is 6.92 Å². The molecular weight excluding hydrogens is 221 g/mol. The first-order valence-corrected chi connectivity index (χ1v) is 5.46. The van der Waals surface area contributed by atoms with Gasteiger partial charge in [-0.15, -0.1) is 5.10 Å². The summed E-state index contributed by atoms with van der Waals surface area (Å²) in [6.07, 6.45) is 0.415. The highest BCUT2D eigenvalue weighted by molar-refractivity contribution is 5.29. The van der Waals surface area contributed by atoms with Gasteiger partial charge in [-0.3, -0.25) is 0 Å². The van der Waals surface area contributed by atoms with E-state index < -0.39 is 11.9 Å². The van der Waals surface area contributed by atoms with Crippen molar-refractivity contribution in [2.24, 2.45) is 0 Å². The fourth-order valence-corrected chi connectivity index (χ4v) is 1.74. The summed E-state index contributed by atoms with van der Waals surface area (Å²) in [4.78, 5) is 0. The quantitative estimate of drug-likeness (QED) is 0.883. The predicted molar refractivity (Wildman–Crippen MR) is 60.9 cm³/mol. The highest BCUT2D eigenvalue weighted by atomic mass is 19.1. The number of hydrogen-bond acceptors (Lipinski definition) is 3. The zero-order valence-corrected chi connectivity index (χ0v) is 9.76. The lowest BCUT2D eigenvalue weighted by Gasteiger charge is -2.12. The van der Waals surface area contributed by atoms with Crippen LogP contribution in [0.2, 0.25) is 0 Å². The molecule has 1 aromatic heterocycles. The SMILES string of the molecule is CCn1nncc1C(O)c1ccc(C)cc1F. The molecule has 0 bridgehead atoms. The Labute approximate surface area is 98.7 Å². The Morgan fingerprint density at radius 3 is 2.88 bits per heavy atom. The summed E-state index contributed by atoms with van der Waals surface area (Å²) >= 11 is 0. The van der Waals surface area contributed by atoms with Crippen molar-refractivity contribution in [1.82, 2.24) is 15.0 Å². The van der Waals surface area contributed by atoms with Gasteiger partial charge in [0.2, 0.25) is 0 Å². The van der Waals surface area contributed by atoms with Gasteiger partial charge in [0, 0.05) is 12.1 Å². The van der Waals surface area contributed by atoms with Gasteiger partial charge >= 0.3 is 0 Å². The molecule has 2 aromatic rings. The first kappa shape index (κ1) is 11.7. The fourth-order valence-electron chi connectivity index (χ4n) is 1.74. The standard InChI is InChI=1S/C12H14FN3O/c1-3-16-11(7-14-15-16)12(17)9-5-4-8(2)6-10(9)13/h4-7,12,17H,3H2,1-2H3. The molecule has 0 aliphatic rings. The topological polar surface area (TPSA) is 50.9 Å². The molecule has 5 heteroatoms. The van der Waals surface area contributed by atoms with E-state index in [1.54, 1.807) is 23.7 Å². The molecule has 1 unspecified atom stereocenters. The van der Waals surface area contributed by atoms with Crippen LogP contribution in [0.25, 0.3) is 0 Å². The maximum atomic E-state index is 13.7. The molecule has 2 rings (SSSR count). The Morgan fingerprint density at radius 2 is 2.24 bits per heavy atom. The molecule has 1 aromatic carbocycles. The minimum atomic E-state index is -1.04. The van der Waals surface area contributed by atoms with Crippen molar-refractivity contribution in [3.8, 4) is 0 Å². The van der Waals surface area contributed by atoms with Crippen LogP contribution in [0.15, 0.2) is 24.4 Å². The molecule has 90 valence electrons. The van der Waals surface area contributed by atoms with Gasteiger partial charge in [-0.05, 0) is 25.5 Å². The molecule has 0 aliphatic carbocycles. The number of benzene rings is 1. The number of aromatic nitrogens is 3. The Kier molecular flexibility index (Phi) is 3.19. The van der Waals surface area contributed by atoms with Gasteiger partial charge in [0.1, 0.15) is 11.9 Å². The zero-order chi connectivity index (χ0) is 12.4. The van der Waals surface area contributed by atoms with Crippen LogP contribution in [0, 0.1) is 12.7 Å². The van der Waals surface area contributed by atoms with E-state index in [4.69, 9.17) is 0 Å². The van der Waals surface area contributed by atoms with Crippen LogP contribution >= 0.6 is 0 Å². The third-order valence-electron chi connectivity index (χ3n) is 2.68.